The number of thioether (sulfide) groups is 4. The average molecular weight is 443 g/mol. The van der Waals surface area contributed by atoms with Gasteiger partial charge in [-0.25, -0.2) is 0 Å². The second-order valence-corrected chi connectivity index (χ2v) is 14.9. The van der Waals surface area contributed by atoms with Crippen LogP contribution in [0.25, 0.3) is 0 Å². The van der Waals surface area contributed by atoms with Crippen molar-refractivity contribution in [3.8, 4) is 0 Å². The van der Waals surface area contributed by atoms with E-state index in [1.165, 1.54) is 48.7 Å². The molecule has 0 aromatic carbocycles. The first-order valence-electron chi connectivity index (χ1n) is 10.4. The molecule has 2 saturated heterocycles. The Bertz CT molecular complexity index is 620. The maximum absolute atomic E-state index is 11.8. The number of rotatable bonds is 5. The molecule has 5 heteroatoms. The van der Waals surface area contributed by atoms with E-state index < -0.39 is 0 Å². The van der Waals surface area contributed by atoms with E-state index in [2.05, 4.69) is 80.5 Å². The third-order valence-electron chi connectivity index (χ3n) is 7.64. The number of hydrogen-bond acceptors (Lipinski definition) is 5. The molecule has 4 rings (SSSR count). The molecule has 1 spiro atoms. The summed E-state index contributed by atoms with van der Waals surface area (Å²) in [6, 6.07) is 0. The topological polar surface area (TPSA) is 20.2 Å². The highest BCUT2D eigenvalue weighted by molar-refractivity contribution is 8.21. The van der Waals surface area contributed by atoms with Gasteiger partial charge in [-0.3, -0.25) is 0 Å². The van der Waals surface area contributed by atoms with Crippen LogP contribution in [0.5, 0.6) is 0 Å². The predicted molar refractivity (Wildman–Crippen MR) is 128 cm³/mol. The van der Waals surface area contributed by atoms with Crippen LogP contribution < -0.4 is 0 Å². The van der Waals surface area contributed by atoms with E-state index in [1.54, 1.807) is 11.1 Å². The fourth-order valence-electron chi connectivity index (χ4n) is 5.70. The van der Waals surface area contributed by atoms with Gasteiger partial charge in [0.25, 0.3) is 0 Å². The zero-order valence-corrected chi connectivity index (χ0v) is 20.2. The van der Waals surface area contributed by atoms with Crippen molar-refractivity contribution < 1.29 is 5.11 Å². The summed E-state index contributed by atoms with van der Waals surface area (Å²) >= 11 is 8.47. The summed E-state index contributed by atoms with van der Waals surface area (Å²) in [6.45, 7) is 11.3. The normalized spacial score (nSPS) is 36.8. The number of aliphatic hydroxyl groups excluding tert-OH is 1. The monoisotopic (exact) mass is 442 g/mol. The van der Waals surface area contributed by atoms with Gasteiger partial charge in [0.15, 0.2) is 0 Å². The summed E-state index contributed by atoms with van der Waals surface area (Å²) in [6.07, 6.45) is 7.72. The fraction of sp³-hybridized carbons (Fsp3) is 0.818. The molecule has 0 bridgehead atoms. The van der Waals surface area contributed by atoms with Gasteiger partial charge in [-0.05, 0) is 43.6 Å². The molecular formula is C22H34OS4. The summed E-state index contributed by atoms with van der Waals surface area (Å²) in [5, 5.41) is 11.8. The van der Waals surface area contributed by atoms with Crippen LogP contribution in [0.1, 0.15) is 52.9 Å². The zero-order chi connectivity index (χ0) is 19.3. The quantitative estimate of drug-likeness (QED) is 0.493. The largest absolute Gasteiger partial charge is 0.392 e. The Kier molecular flexibility index (Phi) is 6.12. The fourth-order valence-corrected chi connectivity index (χ4v) is 12.7. The van der Waals surface area contributed by atoms with Crippen LogP contribution in [0, 0.1) is 16.7 Å². The Morgan fingerprint density at radius 3 is 2.52 bits per heavy atom. The van der Waals surface area contributed by atoms with Gasteiger partial charge < -0.3 is 5.11 Å². The molecule has 0 aromatic heterocycles. The molecule has 0 saturated carbocycles. The van der Waals surface area contributed by atoms with Crippen molar-refractivity contribution in [1.29, 1.82) is 0 Å². The lowest BCUT2D eigenvalue weighted by Crippen LogP contribution is -2.48. The predicted octanol–water partition coefficient (Wildman–Crippen LogP) is 6.44. The van der Waals surface area contributed by atoms with Crippen LogP contribution in [0.3, 0.4) is 0 Å². The molecular weight excluding hydrogens is 409 g/mol. The second kappa shape index (κ2) is 7.83. The van der Waals surface area contributed by atoms with Crippen LogP contribution >= 0.6 is 47.0 Å². The molecule has 2 heterocycles. The van der Waals surface area contributed by atoms with E-state index in [9.17, 15) is 5.11 Å². The van der Waals surface area contributed by atoms with Crippen LogP contribution in [0.15, 0.2) is 23.8 Å². The maximum Gasteiger partial charge on any atom is 0.0833 e. The summed E-state index contributed by atoms with van der Waals surface area (Å²) < 4.78 is 0.801. The number of allylic oxidation sites excluding steroid dienone is 2. The van der Waals surface area contributed by atoms with E-state index in [1.807, 2.05) is 0 Å². The third kappa shape index (κ3) is 3.40. The standard InChI is InChI=1S/C22H34OS4/c1-5-20(3,19-24-10-11-25-19)14-17(23)21(4)15(2)6-7-16-8-9-22(18(16)21)26-12-13-27-22/h5,15,17,19,23H,1,6-14H2,2-4H3/t15-,17+,20-,21+/m1/s1. The van der Waals surface area contributed by atoms with Crippen LogP contribution in [-0.2, 0) is 0 Å². The lowest BCUT2D eigenvalue weighted by atomic mass is 9.60. The minimum absolute atomic E-state index is 0.00607. The minimum Gasteiger partial charge on any atom is -0.392 e. The second-order valence-electron chi connectivity index (χ2n) is 9.15. The molecule has 4 aliphatic rings. The lowest BCUT2D eigenvalue weighted by molar-refractivity contribution is -0.00664. The Labute approximate surface area is 182 Å². The molecule has 1 N–H and O–H groups in total. The Hall–Kier alpha value is 0.840. The number of fused-ring (bicyclic) bond motifs is 1. The van der Waals surface area contributed by atoms with Crippen LogP contribution in [0.4, 0.5) is 0 Å². The van der Waals surface area contributed by atoms with E-state index in [-0.39, 0.29) is 21.0 Å². The van der Waals surface area contributed by atoms with Crippen molar-refractivity contribution in [3.63, 3.8) is 0 Å². The molecule has 1 nitrogen and oxygen atoms in total. The smallest absolute Gasteiger partial charge is 0.0833 e. The van der Waals surface area contributed by atoms with Gasteiger partial charge in [-0.1, -0.05) is 32.4 Å². The van der Waals surface area contributed by atoms with Gasteiger partial charge in [0, 0.05) is 33.8 Å². The van der Waals surface area contributed by atoms with Crippen molar-refractivity contribution in [2.24, 2.45) is 16.7 Å². The minimum atomic E-state index is -0.292. The van der Waals surface area contributed by atoms with Crippen LogP contribution in [-0.4, -0.2) is 42.9 Å². The van der Waals surface area contributed by atoms with Crippen molar-refractivity contribution in [2.45, 2.75) is 67.6 Å². The number of hydrogen-bond donors (Lipinski definition) is 1. The Balaban J connectivity index is 1.66. The van der Waals surface area contributed by atoms with E-state index in [0.29, 0.717) is 10.5 Å². The van der Waals surface area contributed by atoms with Crippen molar-refractivity contribution in [2.75, 3.05) is 23.0 Å². The van der Waals surface area contributed by atoms with Gasteiger partial charge in [-0.15, -0.1) is 53.6 Å². The molecule has 2 aliphatic heterocycles. The molecule has 152 valence electrons. The SMILES string of the molecule is C=C[C@](C)(C[C@H](O)[C@@]1(C)C2=C(CC[C@H]1C)CCC21SCCS1)C1SCCS1. The Morgan fingerprint density at radius 2 is 1.89 bits per heavy atom. The highest BCUT2D eigenvalue weighted by Crippen LogP contribution is 2.67. The van der Waals surface area contributed by atoms with Gasteiger partial charge >= 0.3 is 0 Å². The molecule has 2 aliphatic carbocycles. The molecule has 0 unspecified atom stereocenters. The summed E-state index contributed by atoms with van der Waals surface area (Å²) in [4.78, 5) is 0. The summed E-state index contributed by atoms with van der Waals surface area (Å²) in [7, 11) is 0. The van der Waals surface area contributed by atoms with Crippen molar-refractivity contribution in [1.82, 2.24) is 0 Å². The molecule has 0 aromatic rings. The maximum atomic E-state index is 11.8. The van der Waals surface area contributed by atoms with Gasteiger partial charge in [0.2, 0.25) is 0 Å². The van der Waals surface area contributed by atoms with Crippen molar-refractivity contribution >= 4 is 47.0 Å². The lowest BCUT2D eigenvalue weighted by Gasteiger charge is -2.51. The molecule has 27 heavy (non-hydrogen) atoms. The van der Waals surface area contributed by atoms with E-state index in [0.717, 1.165) is 6.42 Å². The van der Waals surface area contributed by atoms with Crippen molar-refractivity contribution in [3.05, 3.63) is 23.8 Å². The van der Waals surface area contributed by atoms with E-state index >= 15 is 0 Å². The Morgan fingerprint density at radius 1 is 1.22 bits per heavy atom. The van der Waals surface area contributed by atoms with Gasteiger partial charge in [-0.2, -0.15) is 0 Å². The first-order valence-corrected chi connectivity index (χ1v) is 14.5. The van der Waals surface area contributed by atoms with Gasteiger partial charge in [0.05, 0.1) is 14.8 Å². The summed E-state index contributed by atoms with van der Waals surface area (Å²) in [5.41, 5.74) is 3.26. The highest BCUT2D eigenvalue weighted by Gasteiger charge is 2.57. The molecule has 4 atom stereocenters. The molecule has 0 radical (unpaired) electrons. The zero-order valence-electron chi connectivity index (χ0n) is 17.0. The highest BCUT2D eigenvalue weighted by atomic mass is 32.2. The molecule has 0 amide bonds. The summed E-state index contributed by atoms with van der Waals surface area (Å²) in [5.74, 6) is 5.53. The molecule has 2 fully saturated rings. The average Bonchev–Trinajstić information content (AvgIpc) is 3.41. The number of aliphatic hydroxyl groups is 1. The van der Waals surface area contributed by atoms with E-state index in [4.69, 9.17) is 0 Å². The first kappa shape index (κ1) is 21.1. The van der Waals surface area contributed by atoms with Gasteiger partial charge in [0.1, 0.15) is 0 Å². The first-order chi connectivity index (χ1) is 12.9. The van der Waals surface area contributed by atoms with Crippen LogP contribution in [0.2, 0.25) is 0 Å². The third-order valence-corrected chi connectivity index (χ3v) is 14.8.